The fourth-order valence-corrected chi connectivity index (χ4v) is 5.66. The van der Waals surface area contributed by atoms with Gasteiger partial charge < -0.3 is 4.42 Å². The van der Waals surface area contributed by atoms with E-state index in [1.54, 1.807) is 0 Å². The summed E-state index contributed by atoms with van der Waals surface area (Å²) in [5.74, 6) is 1.30. The highest BCUT2D eigenvalue weighted by Crippen LogP contribution is 2.34. The number of nitrogens with zero attached hydrogens (tertiary/aromatic N) is 4. The van der Waals surface area contributed by atoms with Crippen LogP contribution in [0.15, 0.2) is 28.7 Å². The lowest BCUT2D eigenvalue weighted by Crippen LogP contribution is -2.37. The molecule has 2 aliphatic heterocycles. The maximum Gasteiger partial charge on any atom is 0.234 e. The van der Waals surface area contributed by atoms with Crippen LogP contribution in [0.3, 0.4) is 0 Å². The van der Waals surface area contributed by atoms with Crippen LogP contribution in [-0.4, -0.2) is 53.7 Å². The van der Waals surface area contributed by atoms with Gasteiger partial charge in [-0.25, -0.2) is 8.42 Å². The molecule has 0 saturated carbocycles. The summed E-state index contributed by atoms with van der Waals surface area (Å²) in [7, 11) is -3.29. The third-order valence-corrected chi connectivity index (χ3v) is 7.38. The molecule has 158 valence electrons. The fourth-order valence-electron chi connectivity index (χ4n) is 4.33. The third kappa shape index (κ3) is 4.99. The van der Waals surface area contributed by atoms with Gasteiger partial charge >= 0.3 is 0 Å². The molecule has 0 bridgehead atoms. The van der Waals surface area contributed by atoms with Crippen molar-refractivity contribution in [2.24, 2.45) is 0 Å². The van der Waals surface area contributed by atoms with E-state index in [2.05, 4.69) is 21.2 Å². The Bertz CT molecular complexity index is 941. The van der Waals surface area contributed by atoms with Gasteiger partial charge in [0.25, 0.3) is 0 Å². The molecule has 2 aromatic rings. The van der Waals surface area contributed by atoms with Crippen molar-refractivity contribution in [3.05, 3.63) is 46.6 Å². The zero-order chi connectivity index (χ0) is 20.4. The molecule has 7 nitrogen and oxygen atoms in total. The summed E-state index contributed by atoms with van der Waals surface area (Å²) in [5.41, 5.74) is 1.22. The maximum atomic E-state index is 12.1. The van der Waals surface area contributed by atoms with Gasteiger partial charge in [0, 0.05) is 24.0 Å². The summed E-state index contributed by atoms with van der Waals surface area (Å²) >= 11 is 6.08. The first kappa shape index (κ1) is 20.8. The Balaban J connectivity index is 1.38. The normalized spacial score (nSPS) is 22.8. The van der Waals surface area contributed by atoms with Gasteiger partial charge in [0.1, 0.15) is 6.04 Å². The highest BCUT2D eigenvalue weighted by Gasteiger charge is 2.35. The smallest absolute Gasteiger partial charge is 0.234 e. The van der Waals surface area contributed by atoms with Crippen molar-refractivity contribution in [3.63, 3.8) is 0 Å². The number of sulfonamides is 1. The Morgan fingerprint density at radius 2 is 1.86 bits per heavy atom. The highest BCUT2D eigenvalue weighted by atomic mass is 35.5. The van der Waals surface area contributed by atoms with Crippen LogP contribution >= 0.6 is 11.6 Å². The summed E-state index contributed by atoms with van der Waals surface area (Å²) in [5, 5.41) is 9.27. The molecule has 29 heavy (non-hydrogen) atoms. The van der Waals surface area contributed by atoms with Gasteiger partial charge in [-0.2, -0.15) is 4.31 Å². The molecule has 2 aliphatic rings. The van der Waals surface area contributed by atoms with E-state index >= 15 is 0 Å². The van der Waals surface area contributed by atoms with Crippen molar-refractivity contribution in [1.82, 2.24) is 19.4 Å². The SMILES string of the molecule is CS(=O)(=O)N1CCCC[C@H]1c1nnc(C2CCN(Cc3cccc(Cl)c3)CC2)o1. The minimum absolute atomic E-state index is 0.224. The third-order valence-electron chi connectivity index (χ3n) is 5.85. The van der Waals surface area contributed by atoms with Gasteiger partial charge in [0.15, 0.2) is 0 Å². The zero-order valence-electron chi connectivity index (χ0n) is 16.6. The topological polar surface area (TPSA) is 79.5 Å². The fraction of sp³-hybridized carbons (Fsp3) is 0.600. The molecule has 0 radical (unpaired) electrons. The molecule has 0 aliphatic carbocycles. The van der Waals surface area contributed by atoms with Crippen LogP contribution in [0.5, 0.6) is 0 Å². The van der Waals surface area contributed by atoms with Gasteiger partial charge in [-0.05, 0) is 56.5 Å². The second-order valence-corrected chi connectivity index (χ2v) is 10.4. The summed E-state index contributed by atoms with van der Waals surface area (Å²) in [6.07, 6.45) is 5.71. The second kappa shape index (κ2) is 8.71. The van der Waals surface area contributed by atoms with Crippen molar-refractivity contribution >= 4 is 21.6 Å². The number of hydrogen-bond acceptors (Lipinski definition) is 6. The Hall–Kier alpha value is -1.48. The molecule has 0 unspecified atom stereocenters. The van der Waals surface area contributed by atoms with Crippen LogP contribution in [-0.2, 0) is 16.6 Å². The largest absolute Gasteiger partial charge is 0.423 e. The number of aromatic nitrogens is 2. The monoisotopic (exact) mass is 438 g/mol. The van der Waals surface area contributed by atoms with Gasteiger partial charge in [0.2, 0.25) is 21.8 Å². The van der Waals surface area contributed by atoms with E-state index in [4.69, 9.17) is 16.0 Å². The van der Waals surface area contributed by atoms with E-state index in [9.17, 15) is 8.42 Å². The second-order valence-electron chi connectivity index (χ2n) is 8.04. The Morgan fingerprint density at radius 3 is 2.59 bits per heavy atom. The predicted octanol–water partition coefficient (Wildman–Crippen LogP) is 3.59. The number of hydrogen-bond donors (Lipinski definition) is 0. The molecular weight excluding hydrogens is 412 g/mol. The first-order valence-corrected chi connectivity index (χ1v) is 12.4. The van der Waals surface area contributed by atoms with Crippen LogP contribution in [0.2, 0.25) is 5.02 Å². The molecule has 2 saturated heterocycles. The van der Waals surface area contributed by atoms with Crippen molar-refractivity contribution in [2.75, 3.05) is 25.9 Å². The number of likely N-dealkylation sites (tertiary alicyclic amines) is 1. The van der Waals surface area contributed by atoms with E-state index in [0.717, 1.165) is 56.8 Å². The standard InChI is InChI=1S/C20H27ClN4O3S/c1-29(26,27)25-10-3-2-7-18(25)20-23-22-19(28-20)16-8-11-24(12-9-16)14-15-5-4-6-17(21)13-15/h4-6,13,16,18H,2-3,7-12,14H2,1H3/t18-/m0/s1. The lowest BCUT2D eigenvalue weighted by Gasteiger charge is -2.31. The lowest BCUT2D eigenvalue weighted by atomic mass is 9.96. The highest BCUT2D eigenvalue weighted by molar-refractivity contribution is 7.88. The Kier molecular flexibility index (Phi) is 6.24. The van der Waals surface area contributed by atoms with E-state index in [1.807, 2.05) is 18.2 Å². The number of piperidine rings is 2. The molecule has 3 heterocycles. The van der Waals surface area contributed by atoms with Crippen LogP contribution < -0.4 is 0 Å². The molecule has 4 rings (SSSR count). The van der Waals surface area contributed by atoms with Gasteiger partial charge in [-0.1, -0.05) is 30.2 Å². The van der Waals surface area contributed by atoms with Crippen LogP contribution in [0.25, 0.3) is 0 Å². The summed E-state index contributed by atoms with van der Waals surface area (Å²) in [6.45, 7) is 3.30. The summed E-state index contributed by atoms with van der Waals surface area (Å²) < 4.78 is 31.7. The van der Waals surface area contributed by atoms with Crippen LogP contribution in [0.4, 0.5) is 0 Å². The molecule has 9 heteroatoms. The minimum atomic E-state index is -3.29. The molecule has 1 aromatic heterocycles. The van der Waals surface area contributed by atoms with Crippen molar-refractivity contribution in [3.8, 4) is 0 Å². The first-order chi connectivity index (χ1) is 13.9. The van der Waals surface area contributed by atoms with Gasteiger partial charge in [0.05, 0.1) is 6.26 Å². The Morgan fingerprint density at radius 1 is 1.10 bits per heavy atom. The van der Waals surface area contributed by atoms with E-state index in [-0.39, 0.29) is 12.0 Å². The molecular formula is C20H27ClN4O3S. The predicted molar refractivity (Wildman–Crippen MR) is 111 cm³/mol. The number of halogens is 1. The summed E-state index contributed by atoms with van der Waals surface area (Å²) in [4.78, 5) is 2.41. The molecule has 0 amide bonds. The number of benzene rings is 1. The lowest BCUT2D eigenvalue weighted by molar-refractivity contribution is 0.184. The molecule has 0 N–H and O–H groups in total. The van der Waals surface area contributed by atoms with E-state index in [0.29, 0.717) is 18.3 Å². The summed E-state index contributed by atoms with van der Waals surface area (Å²) in [6, 6.07) is 7.65. The van der Waals surface area contributed by atoms with Crippen molar-refractivity contribution in [2.45, 2.75) is 50.6 Å². The van der Waals surface area contributed by atoms with Gasteiger partial charge in [-0.3, -0.25) is 4.90 Å². The van der Waals surface area contributed by atoms with Crippen LogP contribution in [0, 0.1) is 0 Å². The van der Waals surface area contributed by atoms with Crippen molar-refractivity contribution < 1.29 is 12.8 Å². The average molecular weight is 439 g/mol. The Labute approximate surface area is 177 Å². The first-order valence-electron chi connectivity index (χ1n) is 10.2. The zero-order valence-corrected chi connectivity index (χ0v) is 18.2. The van der Waals surface area contributed by atoms with Gasteiger partial charge in [-0.15, -0.1) is 10.2 Å². The molecule has 1 aromatic carbocycles. The molecule has 0 spiro atoms. The maximum absolute atomic E-state index is 12.1. The molecule has 2 fully saturated rings. The van der Waals surface area contributed by atoms with E-state index < -0.39 is 10.0 Å². The van der Waals surface area contributed by atoms with E-state index in [1.165, 1.54) is 16.1 Å². The average Bonchev–Trinajstić information content (AvgIpc) is 3.18. The number of rotatable bonds is 5. The minimum Gasteiger partial charge on any atom is -0.423 e. The molecule has 1 atom stereocenters. The van der Waals surface area contributed by atoms with Crippen molar-refractivity contribution in [1.29, 1.82) is 0 Å². The van der Waals surface area contributed by atoms with Crippen LogP contribution in [0.1, 0.15) is 61.4 Å². The quantitative estimate of drug-likeness (QED) is 0.709.